The summed E-state index contributed by atoms with van der Waals surface area (Å²) in [5.74, 6) is 0.0890. The van der Waals surface area contributed by atoms with E-state index in [4.69, 9.17) is 5.11 Å². The highest BCUT2D eigenvalue weighted by atomic mass is 79.9. The molecule has 0 heterocycles. The van der Waals surface area contributed by atoms with E-state index in [1.807, 2.05) is 18.2 Å². The first kappa shape index (κ1) is 14.2. The van der Waals surface area contributed by atoms with Gasteiger partial charge in [-0.25, -0.2) is 0 Å². The Balaban J connectivity index is 2.40. The predicted molar refractivity (Wildman–Crippen MR) is 71.8 cm³/mol. The number of carbonyl (C=O) groups is 1. The van der Waals surface area contributed by atoms with Crippen LogP contribution in [0.3, 0.4) is 0 Å². The van der Waals surface area contributed by atoms with Crippen LogP contribution in [-0.4, -0.2) is 36.1 Å². The molecule has 0 aliphatic carbocycles. The molecule has 3 nitrogen and oxygen atoms in total. The van der Waals surface area contributed by atoms with Gasteiger partial charge in [-0.05, 0) is 24.5 Å². The maximum Gasteiger partial charge on any atom is 0.222 e. The molecule has 1 aromatic rings. The summed E-state index contributed by atoms with van der Waals surface area (Å²) in [5, 5.41) is 8.66. The molecule has 0 aliphatic rings. The summed E-state index contributed by atoms with van der Waals surface area (Å²) >= 11 is 3.49. The zero-order valence-corrected chi connectivity index (χ0v) is 11.6. The lowest BCUT2D eigenvalue weighted by Crippen LogP contribution is -2.28. The molecule has 17 heavy (non-hydrogen) atoms. The normalized spacial score (nSPS) is 10.3. The van der Waals surface area contributed by atoms with Crippen LogP contribution in [0.4, 0.5) is 0 Å². The topological polar surface area (TPSA) is 40.5 Å². The largest absolute Gasteiger partial charge is 0.396 e. The Morgan fingerprint density at radius 2 is 2.12 bits per heavy atom. The molecule has 1 aromatic carbocycles. The van der Waals surface area contributed by atoms with Gasteiger partial charge in [0.05, 0.1) is 0 Å². The first-order valence-corrected chi connectivity index (χ1v) is 6.52. The summed E-state index contributed by atoms with van der Waals surface area (Å²) in [6.45, 7) is 0.774. The van der Waals surface area contributed by atoms with Crippen molar-refractivity contribution in [3.05, 3.63) is 34.3 Å². The van der Waals surface area contributed by atoms with Gasteiger partial charge < -0.3 is 10.0 Å². The molecular weight excluding hydrogens is 282 g/mol. The smallest absolute Gasteiger partial charge is 0.222 e. The molecule has 0 radical (unpaired) electrons. The molecular formula is C13H18BrNO2. The second-order valence-electron chi connectivity index (χ2n) is 3.98. The summed E-state index contributed by atoms with van der Waals surface area (Å²) in [5.41, 5.74) is 1.20. The van der Waals surface area contributed by atoms with Gasteiger partial charge >= 0.3 is 0 Å². The van der Waals surface area contributed by atoms with Gasteiger partial charge in [0.15, 0.2) is 0 Å². The third-order valence-corrected chi connectivity index (χ3v) is 3.42. The minimum Gasteiger partial charge on any atom is -0.396 e. The van der Waals surface area contributed by atoms with Crippen LogP contribution < -0.4 is 0 Å². The van der Waals surface area contributed by atoms with Crippen molar-refractivity contribution in [3.8, 4) is 0 Å². The Bertz CT molecular complexity index is 368. The number of rotatable bonds is 6. The zero-order chi connectivity index (χ0) is 12.7. The van der Waals surface area contributed by atoms with Crippen molar-refractivity contribution in [2.45, 2.75) is 19.3 Å². The third kappa shape index (κ3) is 4.88. The van der Waals surface area contributed by atoms with Crippen molar-refractivity contribution in [2.24, 2.45) is 0 Å². The van der Waals surface area contributed by atoms with Gasteiger partial charge in [-0.1, -0.05) is 34.1 Å². The Kier molecular flexibility index (Phi) is 6.22. The number of carbonyl (C=O) groups excluding carboxylic acids is 1. The summed E-state index contributed by atoms with van der Waals surface area (Å²) in [6, 6.07) is 8.02. The van der Waals surface area contributed by atoms with Gasteiger partial charge in [-0.15, -0.1) is 0 Å². The van der Waals surface area contributed by atoms with Crippen LogP contribution in [0.15, 0.2) is 28.7 Å². The number of hydrogen-bond donors (Lipinski definition) is 1. The minimum absolute atomic E-state index is 0.0732. The van der Waals surface area contributed by atoms with Crippen LogP contribution in [0.25, 0.3) is 0 Å². The van der Waals surface area contributed by atoms with Gasteiger partial charge in [0.2, 0.25) is 5.91 Å². The quantitative estimate of drug-likeness (QED) is 0.875. The first-order valence-electron chi connectivity index (χ1n) is 5.73. The highest BCUT2D eigenvalue weighted by molar-refractivity contribution is 9.10. The SMILES string of the molecule is CN(CCc1ccccc1Br)C(=O)CCCO. The number of benzene rings is 1. The van der Waals surface area contributed by atoms with E-state index >= 15 is 0 Å². The van der Waals surface area contributed by atoms with Crippen molar-refractivity contribution in [1.82, 2.24) is 4.90 Å². The molecule has 0 aliphatic heterocycles. The van der Waals surface area contributed by atoms with E-state index in [1.165, 1.54) is 5.56 Å². The molecule has 1 N–H and O–H groups in total. The van der Waals surface area contributed by atoms with Gasteiger partial charge in [-0.2, -0.15) is 0 Å². The second kappa shape index (κ2) is 7.45. The first-order chi connectivity index (χ1) is 8.15. The molecule has 1 amide bonds. The lowest BCUT2D eigenvalue weighted by molar-refractivity contribution is -0.130. The number of aliphatic hydroxyl groups is 1. The average molecular weight is 300 g/mol. The Labute approximate surface area is 111 Å². The van der Waals surface area contributed by atoms with Gasteiger partial charge in [-0.3, -0.25) is 4.79 Å². The monoisotopic (exact) mass is 299 g/mol. The molecule has 0 saturated carbocycles. The molecule has 0 aromatic heterocycles. The maximum absolute atomic E-state index is 11.6. The lowest BCUT2D eigenvalue weighted by atomic mass is 10.1. The average Bonchev–Trinajstić information content (AvgIpc) is 2.34. The number of aliphatic hydroxyl groups excluding tert-OH is 1. The Morgan fingerprint density at radius 3 is 2.76 bits per heavy atom. The molecule has 0 saturated heterocycles. The van der Waals surface area contributed by atoms with E-state index in [1.54, 1.807) is 11.9 Å². The third-order valence-electron chi connectivity index (χ3n) is 2.65. The van der Waals surface area contributed by atoms with Crippen LogP contribution in [0.1, 0.15) is 18.4 Å². The fourth-order valence-electron chi connectivity index (χ4n) is 1.54. The van der Waals surface area contributed by atoms with E-state index in [9.17, 15) is 4.79 Å². The standard InChI is InChI=1S/C13H18BrNO2/c1-15(13(17)7-4-10-16)9-8-11-5-2-3-6-12(11)14/h2-3,5-6,16H,4,7-10H2,1H3. The molecule has 1 rings (SSSR count). The van der Waals surface area contributed by atoms with Crippen LogP contribution in [0, 0.1) is 0 Å². The van der Waals surface area contributed by atoms with Crippen molar-refractivity contribution in [3.63, 3.8) is 0 Å². The molecule has 0 atom stereocenters. The number of hydrogen-bond acceptors (Lipinski definition) is 2. The van der Waals surface area contributed by atoms with Crippen LogP contribution in [0.2, 0.25) is 0 Å². The van der Waals surface area contributed by atoms with Crippen molar-refractivity contribution >= 4 is 21.8 Å². The fraction of sp³-hybridized carbons (Fsp3) is 0.462. The Morgan fingerprint density at radius 1 is 1.41 bits per heavy atom. The van der Waals surface area contributed by atoms with Crippen LogP contribution in [0.5, 0.6) is 0 Å². The predicted octanol–water partition coefficient (Wildman–Crippen LogP) is 2.22. The van der Waals surface area contributed by atoms with E-state index in [0.717, 1.165) is 10.9 Å². The molecule has 0 unspecified atom stereocenters. The van der Waals surface area contributed by atoms with E-state index in [-0.39, 0.29) is 12.5 Å². The summed E-state index contributed by atoms with van der Waals surface area (Å²) < 4.78 is 1.08. The highest BCUT2D eigenvalue weighted by Gasteiger charge is 2.08. The zero-order valence-electron chi connectivity index (χ0n) is 10.0. The van der Waals surface area contributed by atoms with Crippen molar-refractivity contribution in [2.75, 3.05) is 20.2 Å². The lowest BCUT2D eigenvalue weighted by Gasteiger charge is -2.17. The summed E-state index contributed by atoms with van der Waals surface area (Å²) in [6.07, 6.45) is 1.80. The van der Waals surface area contributed by atoms with E-state index < -0.39 is 0 Å². The van der Waals surface area contributed by atoms with E-state index in [2.05, 4.69) is 22.0 Å². The maximum atomic E-state index is 11.6. The van der Waals surface area contributed by atoms with Gasteiger partial charge in [0.25, 0.3) is 0 Å². The molecule has 0 fully saturated rings. The number of halogens is 1. The fourth-order valence-corrected chi connectivity index (χ4v) is 2.02. The van der Waals surface area contributed by atoms with Crippen LogP contribution >= 0.6 is 15.9 Å². The van der Waals surface area contributed by atoms with Gasteiger partial charge in [0.1, 0.15) is 0 Å². The van der Waals surface area contributed by atoms with Crippen molar-refractivity contribution < 1.29 is 9.90 Å². The van der Waals surface area contributed by atoms with E-state index in [0.29, 0.717) is 19.4 Å². The Hall–Kier alpha value is -0.870. The van der Waals surface area contributed by atoms with Crippen molar-refractivity contribution in [1.29, 1.82) is 0 Å². The number of likely N-dealkylation sites (N-methyl/N-ethyl adjacent to an activating group) is 1. The molecule has 0 spiro atoms. The van der Waals surface area contributed by atoms with Gasteiger partial charge in [0, 0.05) is 31.1 Å². The minimum atomic E-state index is 0.0732. The second-order valence-corrected chi connectivity index (χ2v) is 4.84. The highest BCUT2D eigenvalue weighted by Crippen LogP contribution is 2.16. The number of nitrogens with zero attached hydrogens (tertiary/aromatic N) is 1. The molecule has 94 valence electrons. The van der Waals surface area contributed by atoms with Crippen LogP contribution in [-0.2, 0) is 11.2 Å². The molecule has 0 bridgehead atoms. The number of amides is 1. The summed E-state index contributed by atoms with van der Waals surface area (Å²) in [4.78, 5) is 13.3. The molecule has 4 heteroatoms. The summed E-state index contributed by atoms with van der Waals surface area (Å²) in [7, 11) is 1.80.